The summed E-state index contributed by atoms with van der Waals surface area (Å²) < 4.78 is 19.3. The summed E-state index contributed by atoms with van der Waals surface area (Å²) in [7, 11) is 1.69. The number of likely N-dealkylation sites (N-methyl/N-ethyl adjacent to an activating group) is 1. The van der Waals surface area contributed by atoms with E-state index in [4.69, 9.17) is 10.5 Å². The van der Waals surface area contributed by atoms with Crippen molar-refractivity contribution in [1.82, 2.24) is 9.88 Å². The number of pyridine rings is 1. The molecule has 0 bridgehead atoms. The van der Waals surface area contributed by atoms with Crippen molar-refractivity contribution in [2.75, 3.05) is 25.5 Å². The highest BCUT2D eigenvalue weighted by Crippen LogP contribution is 2.35. The molecule has 0 saturated heterocycles. The van der Waals surface area contributed by atoms with Crippen LogP contribution in [0.15, 0.2) is 67.0 Å². The molecule has 3 aromatic rings. The third kappa shape index (κ3) is 5.18. The van der Waals surface area contributed by atoms with Crippen LogP contribution in [0.4, 0.5) is 10.1 Å². The molecule has 1 aromatic heterocycles. The highest BCUT2D eigenvalue weighted by atomic mass is 19.1. The lowest BCUT2D eigenvalue weighted by atomic mass is 9.91. The number of halogens is 1. The van der Waals surface area contributed by atoms with Crippen molar-refractivity contribution in [2.45, 2.75) is 18.4 Å². The predicted molar refractivity (Wildman–Crippen MR) is 122 cm³/mol. The molecule has 3 N–H and O–H groups in total. The Morgan fingerprint density at radius 3 is 2.64 bits per heavy atom. The van der Waals surface area contributed by atoms with Gasteiger partial charge in [-0.2, -0.15) is 0 Å². The Morgan fingerprint density at radius 2 is 1.91 bits per heavy atom. The number of carbonyl (C=O) groups is 2. The molecule has 170 valence electrons. The number of ether oxygens (including phenoxy) is 1. The third-order valence-electron chi connectivity index (χ3n) is 5.70. The fourth-order valence-corrected chi connectivity index (χ4v) is 3.90. The number of rotatable bonds is 6. The van der Waals surface area contributed by atoms with E-state index in [1.807, 2.05) is 0 Å². The number of nitrogens with one attached hydrogen (secondary N) is 1. The molecule has 33 heavy (non-hydrogen) atoms. The number of nitrogens with two attached hydrogens (primary N) is 1. The van der Waals surface area contributed by atoms with Gasteiger partial charge in [0.2, 0.25) is 5.91 Å². The molecule has 2 aromatic carbocycles. The summed E-state index contributed by atoms with van der Waals surface area (Å²) >= 11 is 0. The van der Waals surface area contributed by atoms with Gasteiger partial charge in [-0.25, -0.2) is 4.39 Å². The highest BCUT2D eigenvalue weighted by Gasteiger charge is 2.31. The molecule has 0 radical (unpaired) electrons. The first kappa shape index (κ1) is 22.4. The standard InChI is InChI=1S/C25H25FN4O3/c1-30(25(32)20-10-13-33-23-7-6-18(26)14-21(20)23)15-22(27)16-2-4-17(5-3-16)24(31)29-19-8-11-28-12-9-19/h2-9,11-12,14,20,22H,10,13,15,27H2,1H3,(H,28,29,31). The Balaban J connectivity index is 1.39. The van der Waals surface area contributed by atoms with Crippen LogP contribution < -0.4 is 15.8 Å². The first-order valence-corrected chi connectivity index (χ1v) is 10.7. The molecule has 4 rings (SSSR count). The topological polar surface area (TPSA) is 97.5 Å². The van der Waals surface area contributed by atoms with E-state index >= 15 is 0 Å². The van der Waals surface area contributed by atoms with E-state index in [-0.39, 0.29) is 18.4 Å². The molecule has 0 spiro atoms. The maximum Gasteiger partial charge on any atom is 0.255 e. The third-order valence-corrected chi connectivity index (χ3v) is 5.70. The van der Waals surface area contributed by atoms with E-state index in [0.29, 0.717) is 35.6 Å². The monoisotopic (exact) mass is 448 g/mol. The summed E-state index contributed by atoms with van der Waals surface area (Å²) in [6, 6.07) is 14.2. The van der Waals surface area contributed by atoms with Crippen molar-refractivity contribution in [3.8, 4) is 5.75 Å². The number of hydrogen-bond acceptors (Lipinski definition) is 5. The van der Waals surface area contributed by atoms with Crippen molar-refractivity contribution >= 4 is 17.5 Å². The van der Waals surface area contributed by atoms with Gasteiger partial charge in [0, 0.05) is 48.8 Å². The van der Waals surface area contributed by atoms with Crippen LogP contribution in [0.3, 0.4) is 0 Å². The molecule has 0 fully saturated rings. The lowest BCUT2D eigenvalue weighted by Gasteiger charge is -2.30. The van der Waals surface area contributed by atoms with Crippen LogP contribution in [0.2, 0.25) is 0 Å². The first-order chi connectivity index (χ1) is 15.9. The smallest absolute Gasteiger partial charge is 0.255 e. The molecule has 2 amide bonds. The number of hydrogen-bond donors (Lipinski definition) is 2. The highest BCUT2D eigenvalue weighted by molar-refractivity contribution is 6.04. The molecule has 0 saturated carbocycles. The Morgan fingerprint density at radius 1 is 1.18 bits per heavy atom. The SMILES string of the molecule is CN(CC(N)c1ccc(C(=O)Nc2ccncc2)cc1)C(=O)C1CCOc2ccc(F)cc21. The number of anilines is 1. The molecule has 8 heteroatoms. The summed E-state index contributed by atoms with van der Waals surface area (Å²) in [4.78, 5) is 31.0. The van der Waals surface area contributed by atoms with Gasteiger partial charge < -0.3 is 20.7 Å². The average Bonchev–Trinajstić information content (AvgIpc) is 2.83. The minimum atomic E-state index is -0.471. The van der Waals surface area contributed by atoms with Crippen molar-refractivity contribution in [3.05, 3.63) is 89.5 Å². The van der Waals surface area contributed by atoms with Crippen LogP contribution in [0.25, 0.3) is 0 Å². The number of fused-ring (bicyclic) bond motifs is 1. The Kier molecular flexibility index (Phi) is 6.65. The van der Waals surface area contributed by atoms with Gasteiger partial charge in [0.25, 0.3) is 5.91 Å². The molecular formula is C25H25FN4O3. The van der Waals surface area contributed by atoms with Crippen LogP contribution in [-0.4, -0.2) is 41.9 Å². The van der Waals surface area contributed by atoms with Gasteiger partial charge in [-0.3, -0.25) is 14.6 Å². The zero-order chi connectivity index (χ0) is 23.4. The largest absolute Gasteiger partial charge is 0.493 e. The van der Waals surface area contributed by atoms with Crippen LogP contribution in [0, 0.1) is 5.82 Å². The second-order valence-electron chi connectivity index (χ2n) is 8.01. The molecule has 2 heterocycles. The van der Waals surface area contributed by atoms with Crippen LogP contribution >= 0.6 is 0 Å². The Labute approximate surface area is 191 Å². The summed E-state index contributed by atoms with van der Waals surface area (Å²) in [6.45, 7) is 0.682. The molecule has 2 unspecified atom stereocenters. The van der Waals surface area contributed by atoms with Crippen molar-refractivity contribution in [1.29, 1.82) is 0 Å². The lowest BCUT2D eigenvalue weighted by Crippen LogP contribution is -2.38. The van der Waals surface area contributed by atoms with Gasteiger partial charge in [0.15, 0.2) is 0 Å². The van der Waals surface area contributed by atoms with Gasteiger partial charge in [-0.15, -0.1) is 0 Å². The number of nitrogens with zero attached hydrogens (tertiary/aromatic N) is 2. The van der Waals surface area contributed by atoms with E-state index in [2.05, 4.69) is 10.3 Å². The van der Waals surface area contributed by atoms with Crippen LogP contribution in [0.1, 0.15) is 39.9 Å². The van der Waals surface area contributed by atoms with Crippen LogP contribution in [-0.2, 0) is 4.79 Å². The van der Waals surface area contributed by atoms with E-state index in [1.165, 1.54) is 12.1 Å². The Bertz CT molecular complexity index is 1140. The van der Waals surface area contributed by atoms with Crippen LogP contribution in [0.5, 0.6) is 5.75 Å². The van der Waals surface area contributed by atoms with E-state index < -0.39 is 17.8 Å². The van der Waals surface area contributed by atoms with Crippen molar-refractivity contribution in [2.24, 2.45) is 5.73 Å². The fraction of sp³-hybridized carbons (Fsp3) is 0.240. The lowest BCUT2D eigenvalue weighted by molar-refractivity contribution is -0.132. The fourth-order valence-electron chi connectivity index (χ4n) is 3.90. The number of aromatic nitrogens is 1. The van der Waals surface area contributed by atoms with Gasteiger partial charge in [0.05, 0.1) is 12.5 Å². The molecule has 0 aliphatic carbocycles. The van der Waals surface area contributed by atoms with E-state index in [9.17, 15) is 14.0 Å². The minimum absolute atomic E-state index is 0.131. The van der Waals surface area contributed by atoms with Gasteiger partial charge >= 0.3 is 0 Å². The zero-order valence-electron chi connectivity index (χ0n) is 18.2. The van der Waals surface area contributed by atoms with Gasteiger partial charge in [-0.05, 0) is 54.4 Å². The zero-order valence-corrected chi connectivity index (χ0v) is 18.2. The minimum Gasteiger partial charge on any atom is -0.493 e. The molecule has 1 aliphatic heterocycles. The summed E-state index contributed by atoms with van der Waals surface area (Å²) in [6.07, 6.45) is 3.69. The van der Waals surface area contributed by atoms with Crippen molar-refractivity contribution in [3.63, 3.8) is 0 Å². The molecular weight excluding hydrogens is 423 g/mol. The maximum absolute atomic E-state index is 13.7. The summed E-state index contributed by atoms with van der Waals surface area (Å²) in [5, 5.41) is 2.80. The second kappa shape index (κ2) is 9.79. The quantitative estimate of drug-likeness (QED) is 0.602. The predicted octanol–water partition coefficient (Wildman–Crippen LogP) is 3.50. The maximum atomic E-state index is 13.7. The summed E-state index contributed by atoms with van der Waals surface area (Å²) in [5.41, 5.74) is 8.86. The van der Waals surface area contributed by atoms with E-state index in [1.54, 1.807) is 66.8 Å². The van der Waals surface area contributed by atoms with Gasteiger partial charge in [0.1, 0.15) is 11.6 Å². The second-order valence-corrected chi connectivity index (χ2v) is 8.01. The van der Waals surface area contributed by atoms with Gasteiger partial charge in [-0.1, -0.05) is 12.1 Å². The van der Waals surface area contributed by atoms with Crippen molar-refractivity contribution < 1.29 is 18.7 Å². The van der Waals surface area contributed by atoms with E-state index in [0.717, 1.165) is 5.56 Å². The Hall–Kier alpha value is -3.78. The summed E-state index contributed by atoms with van der Waals surface area (Å²) in [5.74, 6) is -0.697. The number of benzene rings is 2. The molecule has 7 nitrogen and oxygen atoms in total. The number of amides is 2. The normalized spacial score (nSPS) is 15.7. The molecule has 2 atom stereocenters. The first-order valence-electron chi connectivity index (χ1n) is 10.7. The number of carbonyl (C=O) groups excluding carboxylic acids is 2. The molecule has 1 aliphatic rings. The average molecular weight is 448 g/mol.